The molecule has 5 rings (SSSR count). The number of carbonyl (C=O) groups excluding carboxylic acids is 3. The molecule has 11 nitrogen and oxygen atoms in total. The van der Waals surface area contributed by atoms with E-state index in [1.807, 2.05) is 60.7 Å². The fourth-order valence-electron chi connectivity index (χ4n) is 4.51. The number of hydrogen-bond donors (Lipinski definition) is 2. The summed E-state index contributed by atoms with van der Waals surface area (Å²) in [6, 6.07) is 17.8. The van der Waals surface area contributed by atoms with Crippen molar-refractivity contribution < 1.29 is 24.0 Å². The van der Waals surface area contributed by atoms with Crippen LogP contribution in [0.4, 0.5) is 5.13 Å². The Morgan fingerprint density at radius 3 is 2.43 bits per heavy atom. The predicted molar refractivity (Wildman–Crippen MR) is 161 cm³/mol. The van der Waals surface area contributed by atoms with E-state index in [-0.39, 0.29) is 28.2 Å². The number of benzene rings is 2. The molecule has 2 amide bonds. The molecule has 1 fully saturated rings. The molecule has 2 aliphatic heterocycles. The van der Waals surface area contributed by atoms with E-state index < -0.39 is 35.3 Å². The molecule has 0 radical (unpaired) electrons. The Morgan fingerprint density at radius 2 is 1.86 bits per heavy atom. The Kier molecular flexibility index (Phi) is 9.20. The molecule has 0 saturated carbocycles. The van der Waals surface area contributed by atoms with Crippen LogP contribution in [-0.2, 0) is 24.0 Å². The van der Waals surface area contributed by atoms with E-state index in [4.69, 9.17) is 26.9 Å². The Balaban J connectivity index is 1.41. The molecule has 3 aromatic rings. The van der Waals surface area contributed by atoms with Crippen LogP contribution in [0.1, 0.15) is 23.1 Å². The van der Waals surface area contributed by atoms with Gasteiger partial charge in [-0.3, -0.25) is 14.5 Å². The number of rotatable bonds is 10. The summed E-state index contributed by atoms with van der Waals surface area (Å²) < 4.78 is 10.1. The summed E-state index contributed by atoms with van der Waals surface area (Å²) >= 11 is 8.17. The van der Waals surface area contributed by atoms with Crippen LogP contribution in [0.5, 0.6) is 0 Å². The van der Waals surface area contributed by atoms with Gasteiger partial charge in [0.1, 0.15) is 24.2 Å². The topological polar surface area (TPSA) is 149 Å². The number of halogens is 1. The predicted octanol–water partition coefficient (Wildman–Crippen LogP) is 3.25. The van der Waals surface area contributed by atoms with Gasteiger partial charge in [0.15, 0.2) is 11.2 Å². The van der Waals surface area contributed by atoms with Gasteiger partial charge in [0, 0.05) is 23.2 Å². The lowest BCUT2D eigenvalue weighted by Crippen LogP contribution is -2.71. The summed E-state index contributed by atoms with van der Waals surface area (Å²) in [7, 11) is 1.27. The fourth-order valence-corrected chi connectivity index (χ4v) is 6.35. The maximum Gasteiger partial charge on any atom is 0.356 e. The number of hydrogen-bond acceptors (Lipinski definition) is 11. The van der Waals surface area contributed by atoms with E-state index in [9.17, 15) is 14.4 Å². The highest BCUT2D eigenvalue weighted by Gasteiger charge is 2.54. The number of nitrogens with two attached hydrogens (primary N) is 1. The number of esters is 1. The van der Waals surface area contributed by atoms with Crippen LogP contribution < -0.4 is 11.1 Å². The molecule has 0 bridgehead atoms. The average molecular weight is 625 g/mol. The Morgan fingerprint density at radius 1 is 1.19 bits per heavy atom. The molecule has 0 spiro atoms. The van der Waals surface area contributed by atoms with Crippen molar-refractivity contribution in [1.82, 2.24) is 19.6 Å². The number of amides is 2. The maximum atomic E-state index is 13.9. The van der Waals surface area contributed by atoms with Gasteiger partial charge in [-0.25, -0.2) is 4.79 Å². The molecule has 42 heavy (non-hydrogen) atoms. The van der Waals surface area contributed by atoms with Crippen molar-refractivity contribution in [3.05, 3.63) is 101 Å². The van der Waals surface area contributed by atoms with Crippen LogP contribution in [0.2, 0.25) is 0 Å². The van der Waals surface area contributed by atoms with Gasteiger partial charge in [-0.1, -0.05) is 78.0 Å². The number of alkyl halides is 1. The van der Waals surface area contributed by atoms with Crippen molar-refractivity contribution in [2.75, 3.05) is 24.5 Å². The van der Waals surface area contributed by atoms with Crippen LogP contribution in [0.3, 0.4) is 0 Å². The van der Waals surface area contributed by atoms with Crippen molar-refractivity contribution in [2.45, 2.75) is 17.5 Å². The summed E-state index contributed by atoms with van der Waals surface area (Å²) in [4.78, 5) is 50.6. The third-order valence-corrected chi connectivity index (χ3v) is 8.39. The number of thioether (sulfide) groups is 1. The second kappa shape index (κ2) is 13.2. The summed E-state index contributed by atoms with van der Waals surface area (Å²) in [5, 5.41) is 5.97. The molecule has 1 aromatic heterocycles. The lowest BCUT2D eigenvalue weighted by molar-refractivity contribution is -0.154. The molecule has 1 saturated heterocycles. The van der Waals surface area contributed by atoms with Crippen molar-refractivity contribution in [3.63, 3.8) is 0 Å². The average Bonchev–Trinajstić information content (AvgIpc) is 3.45. The highest BCUT2D eigenvalue weighted by Crippen LogP contribution is 2.42. The molecule has 1 unspecified atom stereocenters. The van der Waals surface area contributed by atoms with Crippen molar-refractivity contribution >= 4 is 63.5 Å². The quantitative estimate of drug-likeness (QED) is 0.114. The smallest absolute Gasteiger partial charge is 0.356 e. The number of oxime groups is 1. The molecule has 2 atom stereocenters. The molecule has 3 N–H and O–H groups in total. The first-order valence-electron chi connectivity index (χ1n) is 12.7. The summed E-state index contributed by atoms with van der Waals surface area (Å²) in [6.45, 7) is 0. The zero-order chi connectivity index (χ0) is 29.6. The van der Waals surface area contributed by atoms with E-state index in [1.165, 1.54) is 23.8 Å². The third-order valence-electron chi connectivity index (χ3n) is 6.37. The fraction of sp³-hybridized carbons (Fsp3) is 0.214. The summed E-state index contributed by atoms with van der Waals surface area (Å²) in [5.74, 6) is -1.30. The highest BCUT2D eigenvalue weighted by molar-refractivity contribution is 8.00. The van der Waals surface area contributed by atoms with Crippen molar-refractivity contribution in [1.29, 1.82) is 0 Å². The largest absolute Gasteiger partial charge is 0.448 e. The number of β-lactam (4-membered cyclic amide) rings is 1. The molecular weight excluding hydrogens is 600 g/mol. The van der Waals surface area contributed by atoms with Gasteiger partial charge in [-0.15, -0.1) is 23.4 Å². The van der Waals surface area contributed by atoms with Gasteiger partial charge in [0.2, 0.25) is 11.5 Å². The van der Waals surface area contributed by atoms with Crippen LogP contribution in [0.15, 0.2) is 89.2 Å². The number of allylic oxidation sites excluding steroid dienone is 2. The van der Waals surface area contributed by atoms with Crippen LogP contribution in [-0.4, -0.2) is 67.9 Å². The number of nitrogens with zero attached hydrogens (tertiary/aromatic N) is 4. The van der Waals surface area contributed by atoms with Gasteiger partial charge in [0.05, 0.1) is 0 Å². The van der Waals surface area contributed by atoms with Gasteiger partial charge in [-0.2, -0.15) is 9.36 Å². The standard InChI is InChI=1S/C28H25ClN6O5S2/c1-39-33-19(23-32-28(30)42-34-23)24(36)31-20-25(37)35-21(18(13-8-14-29)15-41-26(20)35)27(38)40-22(16-9-4-2-5-10-16)17-11-6-3-7-12-17/h2-13,20,22,26H,14-15H2,1H3,(H,31,36)(H2,30,32,34)/t20?,26-/m0/s1. The highest BCUT2D eigenvalue weighted by atomic mass is 35.5. The van der Waals surface area contributed by atoms with E-state index in [0.717, 1.165) is 22.7 Å². The lowest BCUT2D eigenvalue weighted by Gasteiger charge is -2.49. The number of anilines is 1. The van der Waals surface area contributed by atoms with E-state index in [0.29, 0.717) is 11.3 Å². The van der Waals surface area contributed by atoms with Gasteiger partial charge in [0.25, 0.3) is 11.8 Å². The molecule has 2 aromatic carbocycles. The first-order chi connectivity index (χ1) is 20.4. The second-order valence-corrected chi connectivity index (χ2v) is 11.2. The maximum absolute atomic E-state index is 13.9. The first kappa shape index (κ1) is 29.3. The molecule has 0 aliphatic carbocycles. The van der Waals surface area contributed by atoms with Gasteiger partial charge in [-0.05, 0) is 16.7 Å². The number of fused-ring (bicyclic) bond motifs is 1. The van der Waals surface area contributed by atoms with E-state index in [1.54, 1.807) is 12.2 Å². The SMILES string of the molecule is CON=C(C(=O)NC1C(=O)N2C(C(=O)OC(c3ccccc3)c3ccccc3)=C(C=CCCl)CS[C@@H]12)c1nsc(N)n1. The molecular formula is C28H25ClN6O5S2. The number of ether oxygens (including phenoxy) is 1. The van der Waals surface area contributed by atoms with Crippen LogP contribution >= 0.6 is 34.9 Å². The van der Waals surface area contributed by atoms with E-state index in [2.05, 4.69) is 19.8 Å². The third kappa shape index (κ3) is 6.03. The van der Waals surface area contributed by atoms with Gasteiger partial charge < -0.3 is 20.6 Å². The molecule has 2 aliphatic rings. The summed E-state index contributed by atoms with van der Waals surface area (Å²) in [6.07, 6.45) is 2.70. The van der Waals surface area contributed by atoms with Crippen molar-refractivity contribution in [3.8, 4) is 0 Å². The minimum Gasteiger partial charge on any atom is -0.448 e. The minimum absolute atomic E-state index is 0.0256. The monoisotopic (exact) mass is 624 g/mol. The Hall–Kier alpha value is -4.20. The van der Waals surface area contributed by atoms with Crippen LogP contribution in [0, 0.1) is 0 Å². The van der Waals surface area contributed by atoms with Crippen LogP contribution in [0.25, 0.3) is 0 Å². The summed E-state index contributed by atoms with van der Waals surface area (Å²) in [5.41, 5.74) is 7.67. The molecule has 14 heteroatoms. The molecule has 3 heterocycles. The minimum atomic E-state index is -0.944. The number of nitrogen functional groups attached to an aromatic ring is 1. The number of carbonyl (C=O) groups is 3. The number of aromatic nitrogens is 2. The Bertz CT molecular complexity index is 1520. The zero-order valence-corrected chi connectivity index (χ0v) is 24.6. The second-order valence-electron chi connectivity index (χ2n) is 8.98. The zero-order valence-electron chi connectivity index (χ0n) is 22.2. The normalized spacial score (nSPS) is 18.6. The van der Waals surface area contributed by atoms with E-state index >= 15 is 0 Å². The molecule has 216 valence electrons. The van der Waals surface area contributed by atoms with Gasteiger partial charge >= 0.3 is 5.97 Å². The lowest BCUT2D eigenvalue weighted by atomic mass is 10.0. The number of nitrogens with one attached hydrogen (secondary N) is 1. The Labute approximate surface area is 254 Å². The first-order valence-corrected chi connectivity index (χ1v) is 15.0. The van der Waals surface area contributed by atoms with Crippen molar-refractivity contribution in [2.24, 2.45) is 5.16 Å².